The first-order chi connectivity index (χ1) is 16.9. The Kier molecular flexibility index (Phi) is 8.15. The van der Waals surface area contributed by atoms with E-state index in [2.05, 4.69) is 22.6 Å². The lowest BCUT2D eigenvalue weighted by atomic mass is 10.1. The fourth-order valence-electron chi connectivity index (χ4n) is 3.35. The third kappa shape index (κ3) is 6.06. The van der Waals surface area contributed by atoms with Crippen LogP contribution in [0.15, 0.2) is 71.6 Å². The first-order valence-corrected chi connectivity index (χ1v) is 12.7. The summed E-state index contributed by atoms with van der Waals surface area (Å²) in [5.41, 5.74) is 2.07. The van der Waals surface area contributed by atoms with Crippen molar-refractivity contribution in [3.05, 3.63) is 96.9 Å². The molecule has 0 radical (unpaired) electrons. The summed E-state index contributed by atoms with van der Waals surface area (Å²) >= 11 is 8.88. The largest absolute Gasteiger partial charge is 0.493 e. The molecule has 1 saturated heterocycles. The van der Waals surface area contributed by atoms with E-state index in [9.17, 15) is 14.4 Å². The lowest BCUT2D eigenvalue weighted by Crippen LogP contribution is -2.33. The molecule has 178 valence electrons. The predicted molar refractivity (Wildman–Crippen MR) is 145 cm³/mol. The zero-order valence-corrected chi connectivity index (χ0v) is 22.2. The second kappa shape index (κ2) is 11.3. The van der Waals surface area contributed by atoms with Crippen LogP contribution in [-0.2, 0) is 11.4 Å². The van der Waals surface area contributed by atoms with Crippen molar-refractivity contribution in [2.75, 3.05) is 13.7 Å². The first kappa shape index (κ1) is 25.3. The van der Waals surface area contributed by atoms with Crippen LogP contribution in [0.4, 0.5) is 4.79 Å². The van der Waals surface area contributed by atoms with Gasteiger partial charge in [0.2, 0.25) is 0 Å². The highest BCUT2D eigenvalue weighted by Gasteiger charge is 2.36. The van der Waals surface area contributed by atoms with Crippen molar-refractivity contribution in [2.24, 2.45) is 0 Å². The van der Waals surface area contributed by atoms with Crippen LogP contribution in [0, 0.1) is 3.57 Å². The number of halogens is 2. The molecule has 0 aliphatic carbocycles. The molecule has 0 spiro atoms. The summed E-state index contributed by atoms with van der Waals surface area (Å²) in [6, 6.07) is 19.5. The van der Waals surface area contributed by atoms with Crippen molar-refractivity contribution in [2.45, 2.75) is 6.61 Å². The normalized spacial score (nSPS) is 14.5. The zero-order chi connectivity index (χ0) is 24.9. The quantitative estimate of drug-likeness (QED) is 0.164. The molecular formula is C26H19ClINO5S. The number of benzene rings is 3. The zero-order valence-electron chi connectivity index (χ0n) is 18.5. The molecule has 1 fully saturated rings. The van der Waals surface area contributed by atoms with E-state index in [1.54, 1.807) is 54.6 Å². The molecular weight excluding hydrogens is 601 g/mol. The van der Waals surface area contributed by atoms with Gasteiger partial charge in [0, 0.05) is 10.6 Å². The number of Topliss-reactive ketones (excluding diaryl/α,β-unsaturated/α-hetero) is 1. The highest BCUT2D eigenvalue weighted by molar-refractivity contribution is 14.1. The van der Waals surface area contributed by atoms with Crippen molar-refractivity contribution in [3.63, 3.8) is 0 Å². The molecule has 2 amide bonds. The molecule has 0 saturated carbocycles. The van der Waals surface area contributed by atoms with Crippen molar-refractivity contribution < 1.29 is 23.9 Å². The minimum absolute atomic E-state index is 0.239. The number of carbonyl (C=O) groups excluding carboxylic acids is 3. The van der Waals surface area contributed by atoms with Crippen LogP contribution >= 0.6 is 46.0 Å². The molecule has 3 aromatic carbocycles. The van der Waals surface area contributed by atoms with Crippen LogP contribution in [0.2, 0.25) is 5.02 Å². The van der Waals surface area contributed by atoms with Crippen LogP contribution in [-0.4, -0.2) is 35.5 Å². The van der Waals surface area contributed by atoms with Gasteiger partial charge < -0.3 is 9.47 Å². The molecule has 35 heavy (non-hydrogen) atoms. The minimum atomic E-state index is -0.499. The average molecular weight is 620 g/mol. The number of hydrogen-bond donors (Lipinski definition) is 0. The Morgan fingerprint density at radius 3 is 2.49 bits per heavy atom. The number of hydrogen-bond acceptors (Lipinski definition) is 6. The van der Waals surface area contributed by atoms with Crippen LogP contribution in [0.3, 0.4) is 0 Å². The standard InChI is InChI=1S/C26H19ClINO5S/c1-33-22-12-17(11-20(28)24(22)34-15-16-7-9-19(27)10-8-16)13-23-25(31)29(26(32)35-23)14-21(30)18-5-3-2-4-6-18/h2-13H,14-15H2,1H3/b23-13+. The molecule has 0 aromatic heterocycles. The smallest absolute Gasteiger partial charge is 0.293 e. The third-order valence-corrected chi connectivity index (χ3v) is 7.08. The summed E-state index contributed by atoms with van der Waals surface area (Å²) in [5.74, 6) is 0.270. The van der Waals surface area contributed by atoms with Gasteiger partial charge in [0.1, 0.15) is 6.61 Å². The average Bonchev–Trinajstić information content (AvgIpc) is 3.11. The molecule has 9 heteroatoms. The fourth-order valence-corrected chi connectivity index (χ4v) is 5.09. The van der Waals surface area contributed by atoms with E-state index in [1.165, 1.54) is 7.11 Å². The van der Waals surface area contributed by atoms with Crippen LogP contribution in [0.5, 0.6) is 11.5 Å². The van der Waals surface area contributed by atoms with Crippen LogP contribution in [0.25, 0.3) is 6.08 Å². The Morgan fingerprint density at radius 1 is 1.09 bits per heavy atom. The molecule has 0 N–H and O–H groups in total. The number of rotatable bonds is 8. The third-order valence-electron chi connectivity index (χ3n) is 5.12. The number of thioether (sulfide) groups is 1. The van der Waals surface area contributed by atoms with Gasteiger partial charge in [-0.3, -0.25) is 19.3 Å². The number of imide groups is 1. The van der Waals surface area contributed by atoms with Gasteiger partial charge in [-0.25, -0.2) is 0 Å². The van der Waals surface area contributed by atoms with Crippen molar-refractivity contribution >= 4 is 69.0 Å². The summed E-state index contributed by atoms with van der Waals surface area (Å²) < 4.78 is 12.3. The number of ether oxygens (including phenoxy) is 2. The lowest BCUT2D eigenvalue weighted by Gasteiger charge is -2.14. The van der Waals surface area contributed by atoms with Crippen LogP contribution < -0.4 is 9.47 Å². The van der Waals surface area contributed by atoms with E-state index in [-0.39, 0.29) is 17.2 Å². The summed E-state index contributed by atoms with van der Waals surface area (Å²) in [6.07, 6.45) is 1.62. The van der Waals surface area contributed by atoms with E-state index >= 15 is 0 Å². The monoisotopic (exact) mass is 619 g/mol. The predicted octanol–water partition coefficient (Wildman–Crippen LogP) is 6.45. The molecule has 1 aliphatic rings. The van der Waals surface area contributed by atoms with Gasteiger partial charge >= 0.3 is 0 Å². The number of methoxy groups -OCH3 is 1. The van der Waals surface area contributed by atoms with E-state index in [4.69, 9.17) is 21.1 Å². The van der Waals surface area contributed by atoms with Crippen molar-refractivity contribution in [1.29, 1.82) is 0 Å². The number of carbonyl (C=O) groups is 3. The number of amides is 2. The second-order valence-electron chi connectivity index (χ2n) is 7.51. The highest BCUT2D eigenvalue weighted by atomic mass is 127. The van der Waals surface area contributed by atoms with Gasteiger partial charge in [0.25, 0.3) is 11.1 Å². The molecule has 0 bridgehead atoms. The van der Waals surface area contributed by atoms with Gasteiger partial charge in [0.15, 0.2) is 17.3 Å². The Balaban J connectivity index is 1.51. The van der Waals surface area contributed by atoms with Gasteiger partial charge in [0.05, 0.1) is 22.1 Å². The first-order valence-electron chi connectivity index (χ1n) is 10.4. The van der Waals surface area contributed by atoms with Gasteiger partial charge in [-0.2, -0.15) is 0 Å². The molecule has 0 unspecified atom stereocenters. The van der Waals surface area contributed by atoms with Crippen LogP contribution in [0.1, 0.15) is 21.5 Å². The topological polar surface area (TPSA) is 72.9 Å². The molecule has 1 aliphatic heterocycles. The Hall–Kier alpha value is -2.82. The van der Waals surface area contributed by atoms with Gasteiger partial charge in [-0.05, 0) is 75.8 Å². The maximum Gasteiger partial charge on any atom is 0.293 e. The number of nitrogens with zero attached hydrogens (tertiary/aromatic N) is 1. The van der Waals surface area contributed by atoms with Gasteiger partial charge in [-0.15, -0.1) is 0 Å². The second-order valence-corrected chi connectivity index (χ2v) is 10.1. The Labute approximate surface area is 225 Å². The molecule has 3 aromatic rings. The fraction of sp³-hybridized carbons (Fsp3) is 0.115. The maximum absolute atomic E-state index is 12.9. The van der Waals surface area contributed by atoms with E-state index in [0.29, 0.717) is 34.3 Å². The summed E-state index contributed by atoms with van der Waals surface area (Å²) in [7, 11) is 1.54. The SMILES string of the molecule is COc1cc(/C=C2/SC(=O)N(CC(=O)c3ccccc3)C2=O)cc(I)c1OCc1ccc(Cl)cc1. The molecule has 1 heterocycles. The highest BCUT2D eigenvalue weighted by Crippen LogP contribution is 2.37. The van der Waals surface area contributed by atoms with E-state index in [1.807, 2.05) is 18.2 Å². The summed E-state index contributed by atoms with van der Waals surface area (Å²) in [4.78, 5) is 39.0. The summed E-state index contributed by atoms with van der Waals surface area (Å²) in [6.45, 7) is 0.0293. The van der Waals surface area contributed by atoms with Gasteiger partial charge in [-0.1, -0.05) is 54.1 Å². The lowest BCUT2D eigenvalue weighted by molar-refractivity contribution is -0.122. The maximum atomic E-state index is 12.9. The number of ketones is 1. The Morgan fingerprint density at radius 2 is 1.80 bits per heavy atom. The Bertz CT molecular complexity index is 1310. The molecule has 4 rings (SSSR count). The van der Waals surface area contributed by atoms with E-state index < -0.39 is 11.1 Å². The van der Waals surface area contributed by atoms with E-state index in [0.717, 1.165) is 25.8 Å². The van der Waals surface area contributed by atoms with Crippen molar-refractivity contribution in [1.82, 2.24) is 4.90 Å². The minimum Gasteiger partial charge on any atom is -0.493 e. The molecule has 0 atom stereocenters. The summed E-state index contributed by atoms with van der Waals surface area (Å²) in [5, 5.41) is 0.175. The van der Waals surface area contributed by atoms with Crippen molar-refractivity contribution in [3.8, 4) is 11.5 Å². The molecule has 6 nitrogen and oxygen atoms in total.